The van der Waals surface area contributed by atoms with Crippen LogP contribution in [-0.4, -0.2) is 51.5 Å². The number of primary amides is 1. The molecule has 0 saturated carbocycles. The van der Waals surface area contributed by atoms with Gasteiger partial charge >= 0.3 is 0 Å². The Labute approximate surface area is 286 Å². The SMILES string of the molecule is Cc1csc(CN(C)C(=O)c2cc(C(N)=O)cc(-c3ccccc3[C@H](Cc3ccccc3)[C@@H](O)CNCc3cncc(C(C)C)c3)c2)n1. The van der Waals surface area contributed by atoms with Gasteiger partial charge in [-0.3, -0.25) is 14.6 Å². The predicted octanol–water partition coefficient (Wildman–Crippen LogP) is 6.49. The standard InChI is InChI=1S/C39H43N5O3S/c1-25(2)32-14-28(19-41-21-32)20-42-22-36(45)35(15-27-10-6-5-7-11-27)34-13-9-8-12-33(34)29-16-30(38(40)46)18-31(17-29)39(47)44(4)23-37-43-26(3)24-48-37/h5-14,16-19,21,24-25,35-36,42,45H,15,20,22-23H2,1-4H3,(H2,40,46)/t35-,36-/m0/s1. The fourth-order valence-corrected chi connectivity index (χ4v) is 6.67. The molecule has 9 heteroatoms. The van der Waals surface area contributed by atoms with E-state index in [1.807, 2.05) is 67.2 Å². The van der Waals surface area contributed by atoms with Crippen molar-refractivity contribution < 1.29 is 14.7 Å². The molecule has 8 nitrogen and oxygen atoms in total. The van der Waals surface area contributed by atoms with Crippen LogP contribution < -0.4 is 11.1 Å². The summed E-state index contributed by atoms with van der Waals surface area (Å²) in [6.45, 7) is 7.48. The van der Waals surface area contributed by atoms with E-state index in [1.165, 1.54) is 16.9 Å². The molecule has 2 aromatic heterocycles. The molecule has 0 unspecified atom stereocenters. The largest absolute Gasteiger partial charge is 0.391 e. The zero-order valence-electron chi connectivity index (χ0n) is 27.9. The lowest BCUT2D eigenvalue weighted by atomic mass is 9.82. The first kappa shape index (κ1) is 34.6. The van der Waals surface area contributed by atoms with Gasteiger partial charge in [-0.25, -0.2) is 4.98 Å². The second-order valence-corrected chi connectivity index (χ2v) is 13.5. The number of carbonyl (C=O) groups is 2. The van der Waals surface area contributed by atoms with Gasteiger partial charge in [-0.2, -0.15) is 0 Å². The first-order valence-corrected chi connectivity index (χ1v) is 17.0. The van der Waals surface area contributed by atoms with Crippen molar-refractivity contribution in [1.29, 1.82) is 0 Å². The number of benzene rings is 3. The van der Waals surface area contributed by atoms with E-state index in [2.05, 4.69) is 47.3 Å². The second kappa shape index (κ2) is 15.9. The third-order valence-electron chi connectivity index (χ3n) is 8.45. The van der Waals surface area contributed by atoms with Gasteiger partial charge in [0.15, 0.2) is 0 Å². The summed E-state index contributed by atoms with van der Waals surface area (Å²) >= 11 is 1.50. The number of hydrogen-bond acceptors (Lipinski definition) is 7. The minimum Gasteiger partial charge on any atom is -0.391 e. The maximum atomic E-state index is 13.7. The van der Waals surface area contributed by atoms with Crippen LogP contribution in [0.1, 0.15) is 79.4 Å². The van der Waals surface area contributed by atoms with Crippen molar-refractivity contribution in [2.75, 3.05) is 13.6 Å². The monoisotopic (exact) mass is 661 g/mol. The van der Waals surface area contributed by atoms with Crippen LogP contribution in [0.15, 0.2) is 96.6 Å². The van der Waals surface area contributed by atoms with Gasteiger partial charge in [0.1, 0.15) is 5.01 Å². The van der Waals surface area contributed by atoms with Crippen molar-refractivity contribution in [1.82, 2.24) is 20.2 Å². The van der Waals surface area contributed by atoms with E-state index in [9.17, 15) is 14.7 Å². The van der Waals surface area contributed by atoms with Gasteiger partial charge in [-0.15, -0.1) is 11.3 Å². The average Bonchev–Trinajstić information content (AvgIpc) is 3.51. The minimum absolute atomic E-state index is 0.239. The number of carbonyl (C=O) groups excluding carboxylic acids is 2. The molecule has 4 N–H and O–H groups in total. The summed E-state index contributed by atoms with van der Waals surface area (Å²) in [6.07, 6.45) is 3.58. The van der Waals surface area contributed by atoms with Gasteiger partial charge in [-0.1, -0.05) is 74.5 Å². The van der Waals surface area contributed by atoms with E-state index in [0.717, 1.165) is 33.0 Å². The van der Waals surface area contributed by atoms with Crippen molar-refractivity contribution in [3.8, 4) is 11.1 Å². The summed E-state index contributed by atoms with van der Waals surface area (Å²) in [4.78, 5) is 36.7. The molecule has 0 saturated heterocycles. The number of nitrogens with zero attached hydrogens (tertiary/aromatic N) is 3. The lowest BCUT2D eigenvalue weighted by Crippen LogP contribution is -2.33. The van der Waals surface area contributed by atoms with Crippen LogP contribution in [0.5, 0.6) is 0 Å². The van der Waals surface area contributed by atoms with Crippen LogP contribution in [0.3, 0.4) is 0 Å². The molecule has 0 aliphatic carbocycles. The zero-order chi connectivity index (χ0) is 34.2. The van der Waals surface area contributed by atoms with E-state index < -0.39 is 12.0 Å². The van der Waals surface area contributed by atoms with E-state index in [0.29, 0.717) is 43.1 Å². The number of amides is 2. The van der Waals surface area contributed by atoms with Crippen molar-refractivity contribution in [3.63, 3.8) is 0 Å². The van der Waals surface area contributed by atoms with Crippen LogP contribution in [0.25, 0.3) is 11.1 Å². The molecular formula is C39H43N5O3S. The highest BCUT2D eigenvalue weighted by molar-refractivity contribution is 7.09. The molecule has 0 aliphatic heterocycles. The van der Waals surface area contributed by atoms with Gasteiger partial charge in [-0.05, 0) is 70.8 Å². The van der Waals surface area contributed by atoms with E-state index in [4.69, 9.17) is 5.73 Å². The molecule has 3 aromatic carbocycles. The highest BCUT2D eigenvalue weighted by atomic mass is 32.1. The quantitative estimate of drug-likeness (QED) is 0.125. The predicted molar refractivity (Wildman–Crippen MR) is 192 cm³/mol. The highest BCUT2D eigenvalue weighted by Gasteiger charge is 2.26. The smallest absolute Gasteiger partial charge is 0.254 e. The lowest BCUT2D eigenvalue weighted by molar-refractivity contribution is 0.0785. The average molecular weight is 662 g/mol. The van der Waals surface area contributed by atoms with Crippen LogP contribution >= 0.6 is 11.3 Å². The zero-order valence-corrected chi connectivity index (χ0v) is 28.7. The summed E-state index contributed by atoms with van der Waals surface area (Å²) in [6, 6.07) is 25.2. The molecule has 5 rings (SSSR count). The van der Waals surface area contributed by atoms with E-state index >= 15 is 0 Å². The number of thiazole rings is 1. The van der Waals surface area contributed by atoms with Gasteiger partial charge in [0.05, 0.1) is 12.6 Å². The number of pyridine rings is 1. The molecule has 0 spiro atoms. The number of nitrogens with two attached hydrogens (primary N) is 1. The van der Waals surface area contributed by atoms with Crippen molar-refractivity contribution in [3.05, 3.63) is 141 Å². The third kappa shape index (κ3) is 8.80. The van der Waals surface area contributed by atoms with Crippen molar-refractivity contribution >= 4 is 23.2 Å². The maximum absolute atomic E-state index is 13.7. The highest BCUT2D eigenvalue weighted by Crippen LogP contribution is 2.35. The van der Waals surface area contributed by atoms with Crippen LogP contribution in [0.2, 0.25) is 0 Å². The lowest BCUT2D eigenvalue weighted by Gasteiger charge is -2.27. The molecule has 48 heavy (non-hydrogen) atoms. The number of hydrogen-bond donors (Lipinski definition) is 3. The molecule has 0 aliphatic rings. The van der Waals surface area contributed by atoms with Crippen LogP contribution in [0.4, 0.5) is 0 Å². The Kier molecular flexibility index (Phi) is 11.5. The third-order valence-corrected chi connectivity index (χ3v) is 9.40. The molecule has 2 heterocycles. The molecule has 248 valence electrons. The Morgan fingerprint density at radius 3 is 2.40 bits per heavy atom. The number of aromatic nitrogens is 2. The van der Waals surface area contributed by atoms with E-state index in [1.54, 1.807) is 30.1 Å². The Morgan fingerprint density at radius 2 is 1.69 bits per heavy atom. The van der Waals surface area contributed by atoms with Gasteiger partial charge in [0, 0.05) is 60.6 Å². The fraction of sp³-hybridized carbons (Fsp3) is 0.282. The van der Waals surface area contributed by atoms with Crippen molar-refractivity contribution in [2.24, 2.45) is 5.73 Å². The van der Waals surface area contributed by atoms with Crippen LogP contribution in [-0.2, 0) is 19.5 Å². The summed E-state index contributed by atoms with van der Waals surface area (Å²) in [5.41, 5.74) is 13.0. The minimum atomic E-state index is -0.749. The Hall–Kier alpha value is -4.70. The molecule has 0 radical (unpaired) electrons. The molecule has 0 bridgehead atoms. The first-order chi connectivity index (χ1) is 23.1. The van der Waals surface area contributed by atoms with Crippen LogP contribution in [0, 0.1) is 6.92 Å². The number of aliphatic hydroxyl groups excluding tert-OH is 1. The fourth-order valence-electron chi connectivity index (χ4n) is 5.85. The summed E-state index contributed by atoms with van der Waals surface area (Å²) in [5, 5.41) is 18.0. The van der Waals surface area contributed by atoms with Gasteiger partial charge in [0.2, 0.25) is 5.91 Å². The molecular weight excluding hydrogens is 619 g/mol. The van der Waals surface area contributed by atoms with Crippen molar-refractivity contribution in [2.45, 2.75) is 58.2 Å². The summed E-state index contributed by atoms with van der Waals surface area (Å²) < 4.78 is 0. The Morgan fingerprint density at radius 1 is 0.958 bits per heavy atom. The molecule has 0 fully saturated rings. The summed E-state index contributed by atoms with van der Waals surface area (Å²) in [7, 11) is 1.72. The maximum Gasteiger partial charge on any atom is 0.254 e. The van der Waals surface area contributed by atoms with E-state index in [-0.39, 0.29) is 17.4 Å². The normalized spacial score (nSPS) is 12.5. The van der Waals surface area contributed by atoms with Gasteiger partial charge < -0.3 is 21.1 Å². The molecule has 2 atom stereocenters. The molecule has 5 aromatic rings. The number of aliphatic hydroxyl groups is 1. The van der Waals surface area contributed by atoms with Gasteiger partial charge in [0.25, 0.3) is 5.91 Å². The number of nitrogens with one attached hydrogen (secondary N) is 1. The Bertz CT molecular complexity index is 1860. The number of aryl methyl sites for hydroxylation is 1. The summed E-state index contributed by atoms with van der Waals surface area (Å²) in [5.74, 6) is -0.793. The Balaban J connectivity index is 1.46. The number of rotatable bonds is 14. The second-order valence-electron chi connectivity index (χ2n) is 12.6. The topological polar surface area (TPSA) is 121 Å². The first-order valence-electron chi connectivity index (χ1n) is 16.2. The molecule has 2 amide bonds.